The maximum absolute atomic E-state index is 12.6. The normalized spacial score (nSPS) is 20.1. The molecule has 0 atom stereocenters. The first-order valence-electron chi connectivity index (χ1n) is 13.4. The minimum absolute atomic E-state index is 0. The van der Waals surface area contributed by atoms with Crippen LogP contribution in [0.25, 0.3) is 17.0 Å². The molecule has 3 aromatic rings. The van der Waals surface area contributed by atoms with E-state index in [1.54, 1.807) is 6.08 Å². The predicted molar refractivity (Wildman–Crippen MR) is 153 cm³/mol. The van der Waals surface area contributed by atoms with Crippen molar-refractivity contribution in [3.05, 3.63) is 76.5 Å². The van der Waals surface area contributed by atoms with Gasteiger partial charge in [0.25, 0.3) is 0 Å². The quantitative estimate of drug-likeness (QED) is 0.398. The zero-order chi connectivity index (χ0) is 24.9. The van der Waals surface area contributed by atoms with Crippen LogP contribution in [0, 0.1) is 24.2 Å². The summed E-state index contributed by atoms with van der Waals surface area (Å²) in [5, 5.41) is 13.6. The summed E-state index contributed by atoms with van der Waals surface area (Å²) < 4.78 is 0. The summed E-state index contributed by atoms with van der Waals surface area (Å²) in [6.45, 7) is 5.41. The molecule has 0 unspecified atom stereocenters. The maximum Gasteiger partial charge on any atom is 0.244 e. The topological polar surface area (TPSA) is 71.9 Å². The number of hydrogen-bond acceptors (Lipinski definition) is 3. The molecule has 194 valence electrons. The van der Waals surface area contributed by atoms with E-state index in [0.29, 0.717) is 0 Å². The fourth-order valence-corrected chi connectivity index (χ4v) is 5.83. The zero-order valence-electron chi connectivity index (χ0n) is 21.6. The van der Waals surface area contributed by atoms with E-state index in [2.05, 4.69) is 58.5 Å². The van der Waals surface area contributed by atoms with E-state index in [4.69, 9.17) is 0 Å². The molecule has 2 N–H and O–H groups in total. The zero-order valence-corrected chi connectivity index (χ0v) is 22.4. The van der Waals surface area contributed by atoms with Crippen LogP contribution in [0.4, 0.5) is 0 Å². The number of nitrogens with zero attached hydrogens (tertiary/aromatic N) is 2. The van der Waals surface area contributed by atoms with Gasteiger partial charge in [0.15, 0.2) is 0 Å². The Kier molecular flexibility index (Phi) is 9.08. The third kappa shape index (κ3) is 6.83. The number of rotatable bonds is 6. The van der Waals surface area contributed by atoms with Crippen LogP contribution in [0.5, 0.6) is 0 Å². The number of halogens is 1. The number of benzene rings is 2. The smallest absolute Gasteiger partial charge is 0.244 e. The summed E-state index contributed by atoms with van der Waals surface area (Å²) in [4.78, 5) is 18.4. The lowest BCUT2D eigenvalue weighted by Crippen LogP contribution is -2.37. The second-order valence-electron chi connectivity index (χ2n) is 10.6. The van der Waals surface area contributed by atoms with E-state index in [0.717, 1.165) is 73.3 Å². The van der Waals surface area contributed by atoms with Gasteiger partial charge >= 0.3 is 0 Å². The first-order valence-corrected chi connectivity index (χ1v) is 13.4. The largest absolute Gasteiger partial charge is 0.361 e. The fourth-order valence-electron chi connectivity index (χ4n) is 5.83. The van der Waals surface area contributed by atoms with Gasteiger partial charge in [-0.15, -0.1) is 12.4 Å². The third-order valence-electron chi connectivity index (χ3n) is 8.06. The number of hydrogen-bond donors (Lipinski definition) is 2. The van der Waals surface area contributed by atoms with E-state index >= 15 is 0 Å². The molecule has 0 saturated heterocycles. The minimum Gasteiger partial charge on any atom is -0.361 e. The molecule has 2 aliphatic rings. The summed E-state index contributed by atoms with van der Waals surface area (Å²) in [5.41, 5.74) is 6.89. The second-order valence-corrected chi connectivity index (χ2v) is 10.6. The number of aromatic nitrogens is 1. The molecule has 5 nitrogen and oxygen atoms in total. The van der Waals surface area contributed by atoms with Gasteiger partial charge in [-0.2, -0.15) is 5.26 Å². The molecule has 37 heavy (non-hydrogen) atoms. The van der Waals surface area contributed by atoms with Gasteiger partial charge in [-0.25, -0.2) is 0 Å². The first-order chi connectivity index (χ1) is 17.6. The first kappa shape index (κ1) is 27.0. The molecule has 1 fully saturated rings. The highest BCUT2D eigenvalue weighted by molar-refractivity contribution is 5.96. The molecule has 1 aliphatic heterocycles. The molecule has 1 saturated carbocycles. The minimum atomic E-state index is 0. The highest BCUT2D eigenvalue weighted by atomic mass is 35.5. The van der Waals surface area contributed by atoms with Crippen LogP contribution >= 0.6 is 12.4 Å². The molecule has 5 rings (SSSR count). The third-order valence-corrected chi connectivity index (χ3v) is 8.06. The van der Waals surface area contributed by atoms with Crippen molar-refractivity contribution < 1.29 is 4.79 Å². The molecule has 6 heteroatoms. The summed E-state index contributed by atoms with van der Waals surface area (Å²) in [5.74, 6) is 0.753. The summed E-state index contributed by atoms with van der Waals surface area (Å²) >= 11 is 0. The van der Waals surface area contributed by atoms with Gasteiger partial charge in [-0.05, 0) is 111 Å². The Labute approximate surface area is 226 Å². The molecule has 2 aromatic carbocycles. The lowest BCUT2D eigenvalue weighted by molar-refractivity contribution is -0.117. The number of fused-ring (bicyclic) bond motifs is 2. The second kappa shape index (κ2) is 12.4. The van der Waals surface area contributed by atoms with Crippen LogP contribution in [0.2, 0.25) is 0 Å². The number of H-pyrrole nitrogens is 1. The van der Waals surface area contributed by atoms with Gasteiger partial charge < -0.3 is 15.2 Å². The lowest BCUT2D eigenvalue weighted by Gasteiger charge is -2.30. The van der Waals surface area contributed by atoms with E-state index < -0.39 is 0 Å². The van der Waals surface area contributed by atoms with Crippen molar-refractivity contribution in [2.75, 3.05) is 19.6 Å². The molecule has 0 bridgehead atoms. The lowest BCUT2D eigenvalue weighted by atomic mass is 9.84. The Morgan fingerprint density at radius 3 is 2.68 bits per heavy atom. The van der Waals surface area contributed by atoms with Crippen LogP contribution in [0.1, 0.15) is 59.9 Å². The van der Waals surface area contributed by atoms with Gasteiger partial charge in [0.2, 0.25) is 5.91 Å². The number of amides is 1. The molecule has 2 heterocycles. The van der Waals surface area contributed by atoms with Gasteiger partial charge in [0, 0.05) is 42.3 Å². The van der Waals surface area contributed by atoms with Gasteiger partial charge in [0.05, 0.1) is 11.6 Å². The highest BCUT2D eigenvalue weighted by Gasteiger charge is 2.23. The van der Waals surface area contributed by atoms with Crippen molar-refractivity contribution in [3.8, 4) is 6.07 Å². The number of aromatic amines is 1. The molecular formula is C31H37ClN4O. The van der Waals surface area contributed by atoms with E-state index in [-0.39, 0.29) is 24.4 Å². The summed E-state index contributed by atoms with van der Waals surface area (Å²) in [6, 6.07) is 15.0. The summed E-state index contributed by atoms with van der Waals surface area (Å²) in [6.07, 6.45) is 13.4. The van der Waals surface area contributed by atoms with E-state index in [9.17, 15) is 10.1 Å². The molecule has 1 aromatic heterocycles. The van der Waals surface area contributed by atoms with E-state index in [1.807, 2.05) is 18.3 Å². The monoisotopic (exact) mass is 516 g/mol. The molecule has 0 radical (unpaired) electrons. The molecule has 0 spiro atoms. The van der Waals surface area contributed by atoms with Crippen molar-refractivity contribution in [3.63, 3.8) is 0 Å². The van der Waals surface area contributed by atoms with Crippen LogP contribution < -0.4 is 5.32 Å². The average Bonchev–Trinajstić information content (AvgIpc) is 3.18. The molecular weight excluding hydrogens is 480 g/mol. The van der Waals surface area contributed by atoms with Gasteiger partial charge in [-0.1, -0.05) is 17.7 Å². The fraction of sp³-hybridized carbons (Fsp3) is 0.419. The summed E-state index contributed by atoms with van der Waals surface area (Å²) in [7, 11) is 0. The standard InChI is InChI=1S/C31H36N4O.ClH/c1-22-2-10-30-29(18-22)27(21-33-30)7-11-31(36)34-28-8-4-23(5-9-28)12-15-35-16-13-25-6-3-24(20-32)19-26(25)14-17-35;/h2-3,6-7,10-11,18-19,21,23,28,33H,4-5,8-9,12-17H2,1H3,(H,34,36);1H/b11-7+;. The number of carbonyl (C=O) groups is 1. The van der Waals surface area contributed by atoms with Crippen LogP contribution in [0.15, 0.2) is 48.7 Å². The highest BCUT2D eigenvalue weighted by Crippen LogP contribution is 2.28. The molecule has 1 aliphatic carbocycles. The number of carbonyl (C=O) groups excluding carboxylic acids is 1. The van der Waals surface area contributed by atoms with Crippen LogP contribution in [-0.2, 0) is 17.6 Å². The number of aryl methyl sites for hydroxylation is 1. The maximum atomic E-state index is 12.6. The Bertz CT molecular complexity index is 1300. The van der Waals surface area contributed by atoms with Crippen molar-refractivity contribution in [1.29, 1.82) is 5.26 Å². The van der Waals surface area contributed by atoms with Crippen molar-refractivity contribution in [2.45, 2.75) is 57.9 Å². The average molecular weight is 517 g/mol. The molecule has 1 amide bonds. The number of nitriles is 1. The van der Waals surface area contributed by atoms with Crippen molar-refractivity contribution >= 4 is 35.3 Å². The Balaban J connectivity index is 0.00000320. The van der Waals surface area contributed by atoms with Crippen molar-refractivity contribution in [2.24, 2.45) is 5.92 Å². The van der Waals surface area contributed by atoms with Crippen LogP contribution in [0.3, 0.4) is 0 Å². The Morgan fingerprint density at radius 2 is 1.89 bits per heavy atom. The predicted octanol–water partition coefficient (Wildman–Crippen LogP) is 5.95. The number of nitrogens with one attached hydrogen (secondary N) is 2. The van der Waals surface area contributed by atoms with E-state index in [1.165, 1.54) is 36.0 Å². The van der Waals surface area contributed by atoms with Gasteiger partial charge in [-0.3, -0.25) is 4.79 Å². The Morgan fingerprint density at radius 1 is 1.11 bits per heavy atom. The van der Waals surface area contributed by atoms with Gasteiger partial charge in [0.1, 0.15) is 0 Å². The Hall–Kier alpha value is -3.07. The van der Waals surface area contributed by atoms with Crippen LogP contribution in [-0.4, -0.2) is 41.5 Å². The SMILES string of the molecule is Cc1ccc2[nH]cc(/C=C/C(=O)NC3CCC(CCN4CCc5ccc(C#N)cc5CC4)CC3)c2c1.Cl. The van der Waals surface area contributed by atoms with Crippen molar-refractivity contribution in [1.82, 2.24) is 15.2 Å².